The molecule has 3 atom stereocenters. The van der Waals surface area contributed by atoms with Gasteiger partial charge in [0, 0.05) is 30.3 Å². The molecule has 2 aliphatic rings. The number of hydrogen-bond acceptors (Lipinski definition) is 5. The molecule has 1 aliphatic carbocycles. The van der Waals surface area contributed by atoms with E-state index in [1.807, 2.05) is 17.1 Å². The maximum atomic E-state index is 12.7. The molecule has 2 fully saturated rings. The molecule has 1 amide bonds. The van der Waals surface area contributed by atoms with Gasteiger partial charge in [-0.2, -0.15) is 5.10 Å². The average molecular weight is 432 g/mol. The fraction of sp³-hybridized carbons (Fsp3) is 0.400. The number of nitrogens with one attached hydrogen (secondary N) is 1. The Labute approximate surface area is 177 Å². The summed E-state index contributed by atoms with van der Waals surface area (Å²) in [4.78, 5) is 20.9. The molecule has 29 heavy (non-hydrogen) atoms. The third-order valence-corrected chi connectivity index (χ3v) is 6.00. The van der Waals surface area contributed by atoms with E-state index in [9.17, 15) is 4.79 Å². The van der Waals surface area contributed by atoms with Crippen LogP contribution in [0.5, 0.6) is 0 Å². The third kappa shape index (κ3) is 3.82. The van der Waals surface area contributed by atoms with Crippen LogP contribution in [0, 0.1) is 5.92 Å². The Balaban J connectivity index is 1.26. The minimum atomic E-state index is -0.0814. The van der Waals surface area contributed by atoms with Gasteiger partial charge in [0.05, 0.1) is 6.20 Å². The van der Waals surface area contributed by atoms with Gasteiger partial charge in [-0.3, -0.25) is 4.79 Å². The molecule has 3 unspecified atom stereocenters. The van der Waals surface area contributed by atoms with Crippen molar-refractivity contribution in [2.45, 2.75) is 37.8 Å². The van der Waals surface area contributed by atoms with E-state index in [0.29, 0.717) is 21.5 Å². The number of carbonyl (C=O) groups is 1. The van der Waals surface area contributed by atoms with E-state index in [2.05, 4.69) is 20.4 Å². The normalized spacial score (nSPS) is 23.9. The summed E-state index contributed by atoms with van der Waals surface area (Å²) in [5.41, 5.74) is 1.08. The number of pyridine rings is 2. The maximum absolute atomic E-state index is 12.7. The van der Waals surface area contributed by atoms with E-state index in [1.165, 1.54) is 0 Å². The molecule has 7 nitrogen and oxygen atoms in total. The lowest BCUT2D eigenvalue weighted by molar-refractivity contribution is -0.117. The number of halogens is 2. The molecular formula is C20H19Cl2N5O2. The fourth-order valence-corrected chi connectivity index (χ4v) is 4.35. The highest BCUT2D eigenvalue weighted by atomic mass is 35.5. The first-order valence-corrected chi connectivity index (χ1v) is 10.4. The molecule has 3 aromatic heterocycles. The number of ether oxygens (including phenoxy) is 1. The summed E-state index contributed by atoms with van der Waals surface area (Å²) in [5.74, 6) is 0.524. The number of hydrogen-bond donors (Lipinski definition) is 1. The number of aromatic nitrogens is 4. The van der Waals surface area contributed by atoms with Crippen LogP contribution in [0.4, 0.5) is 5.82 Å². The summed E-state index contributed by atoms with van der Waals surface area (Å²) in [5, 5.41) is 9.40. The zero-order valence-corrected chi connectivity index (χ0v) is 17.0. The van der Waals surface area contributed by atoms with Gasteiger partial charge in [-0.25, -0.2) is 14.6 Å². The summed E-state index contributed by atoms with van der Waals surface area (Å²) in [6.45, 7) is 0.777. The van der Waals surface area contributed by atoms with Crippen LogP contribution in [0.3, 0.4) is 0 Å². The van der Waals surface area contributed by atoms with Gasteiger partial charge in [0.15, 0.2) is 0 Å². The van der Waals surface area contributed by atoms with E-state index in [-0.39, 0.29) is 24.0 Å². The predicted molar refractivity (Wildman–Crippen MR) is 110 cm³/mol. The SMILES string of the molecule is O=C(Nc1cc2cc(Cl)nc(Cl)c2cn1)C1CC1c1cnn(C2CCCCO2)c1. The zero-order valence-electron chi connectivity index (χ0n) is 15.5. The van der Waals surface area contributed by atoms with Crippen molar-refractivity contribution in [2.75, 3.05) is 11.9 Å². The van der Waals surface area contributed by atoms with Crippen LogP contribution >= 0.6 is 23.2 Å². The lowest BCUT2D eigenvalue weighted by Crippen LogP contribution is -2.18. The lowest BCUT2D eigenvalue weighted by atomic mass is 10.2. The molecule has 3 aromatic rings. The van der Waals surface area contributed by atoms with Gasteiger partial charge in [-0.05, 0) is 54.7 Å². The Kier molecular flexibility index (Phi) is 4.89. The summed E-state index contributed by atoms with van der Waals surface area (Å²) in [6, 6.07) is 3.45. The van der Waals surface area contributed by atoms with Crippen molar-refractivity contribution < 1.29 is 9.53 Å². The Hall–Kier alpha value is -2.22. The van der Waals surface area contributed by atoms with Gasteiger partial charge in [-0.15, -0.1) is 0 Å². The summed E-state index contributed by atoms with van der Waals surface area (Å²) >= 11 is 12.1. The lowest BCUT2D eigenvalue weighted by Gasteiger charge is -2.22. The monoisotopic (exact) mass is 431 g/mol. The summed E-state index contributed by atoms with van der Waals surface area (Å²) < 4.78 is 7.66. The van der Waals surface area contributed by atoms with E-state index in [0.717, 1.165) is 43.2 Å². The number of fused-ring (bicyclic) bond motifs is 1. The van der Waals surface area contributed by atoms with Gasteiger partial charge in [0.25, 0.3) is 0 Å². The molecule has 1 aliphatic heterocycles. The topological polar surface area (TPSA) is 81.9 Å². The molecule has 0 radical (unpaired) electrons. The molecule has 9 heteroatoms. The summed E-state index contributed by atoms with van der Waals surface area (Å²) in [7, 11) is 0. The van der Waals surface area contributed by atoms with Gasteiger partial charge in [0.1, 0.15) is 22.4 Å². The zero-order chi connectivity index (χ0) is 20.0. The van der Waals surface area contributed by atoms with E-state index < -0.39 is 0 Å². The van der Waals surface area contributed by atoms with E-state index in [4.69, 9.17) is 27.9 Å². The number of amides is 1. The Morgan fingerprint density at radius 2 is 2.14 bits per heavy atom. The second-order valence-electron chi connectivity index (χ2n) is 7.54. The van der Waals surface area contributed by atoms with Crippen molar-refractivity contribution in [2.24, 2.45) is 5.92 Å². The molecule has 0 spiro atoms. The highest BCUT2D eigenvalue weighted by Crippen LogP contribution is 2.48. The number of carbonyl (C=O) groups excluding carboxylic acids is 1. The van der Waals surface area contributed by atoms with Gasteiger partial charge in [-0.1, -0.05) is 23.2 Å². The average Bonchev–Trinajstić information content (AvgIpc) is 3.37. The minimum Gasteiger partial charge on any atom is -0.357 e. The molecule has 5 rings (SSSR count). The Morgan fingerprint density at radius 3 is 2.97 bits per heavy atom. The maximum Gasteiger partial charge on any atom is 0.229 e. The standard InChI is InChI=1S/C20H19Cl2N5O2/c21-16-5-11-6-17(23-9-15(11)19(22)25-16)26-20(28)14-7-13(14)12-8-24-27(10-12)18-3-1-2-4-29-18/h5-6,8-10,13-14,18H,1-4,7H2,(H,23,26,28). The van der Waals surface area contributed by atoms with Crippen LogP contribution in [0.2, 0.25) is 10.3 Å². The van der Waals surface area contributed by atoms with Crippen LogP contribution in [0.1, 0.15) is 43.4 Å². The number of anilines is 1. The molecule has 0 bridgehead atoms. The number of nitrogens with zero attached hydrogens (tertiary/aromatic N) is 4. The van der Waals surface area contributed by atoms with Crippen LogP contribution in [0.25, 0.3) is 10.8 Å². The smallest absolute Gasteiger partial charge is 0.229 e. The van der Waals surface area contributed by atoms with Crippen molar-refractivity contribution in [3.63, 3.8) is 0 Å². The molecule has 1 saturated carbocycles. The van der Waals surface area contributed by atoms with Crippen LogP contribution in [0.15, 0.2) is 30.7 Å². The second-order valence-corrected chi connectivity index (χ2v) is 8.28. The van der Waals surface area contributed by atoms with Crippen molar-refractivity contribution in [3.05, 3.63) is 46.6 Å². The predicted octanol–water partition coefficient (Wildman–Crippen LogP) is 4.57. The van der Waals surface area contributed by atoms with E-state index in [1.54, 1.807) is 18.3 Å². The van der Waals surface area contributed by atoms with Crippen molar-refractivity contribution in [3.8, 4) is 0 Å². The molecular weight excluding hydrogens is 413 g/mol. The van der Waals surface area contributed by atoms with Gasteiger partial charge >= 0.3 is 0 Å². The first-order chi connectivity index (χ1) is 14.1. The van der Waals surface area contributed by atoms with Gasteiger partial charge in [0.2, 0.25) is 5.91 Å². The first-order valence-electron chi connectivity index (χ1n) is 9.67. The first kappa shape index (κ1) is 18.8. The fourth-order valence-electron chi connectivity index (χ4n) is 3.85. The van der Waals surface area contributed by atoms with Crippen LogP contribution in [-0.4, -0.2) is 32.3 Å². The molecule has 150 valence electrons. The Morgan fingerprint density at radius 1 is 1.24 bits per heavy atom. The van der Waals surface area contributed by atoms with Crippen LogP contribution < -0.4 is 5.32 Å². The van der Waals surface area contributed by atoms with Crippen molar-refractivity contribution in [1.82, 2.24) is 19.7 Å². The second kappa shape index (κ2) is 7.55. The Bertz CT molecular complexity index is 1080. The molecule has 1 N–H and O–H groups in total. The van der Waals surface area contributed by atoms with Gasteiger partial charge < -0.3 is 10.1 Å². The highest BCUT2D eigenvalue weighted by molar-refractivity contribution is 6.36. The van der Waals surface area contributed by atoms with E-state index >= 15 is 0 Å². The van der Waals surface area contributed by atoms with Crippen LogP contribution in [-0.2, 0) is 9.53 Å². The molecule has 4 heterocycles. The molecule has 0 aromatic carbocycles. The number of rotatable bonds is 4. The van der Waals surface area contributed by atoms with Crippen molar-refractivity contribution in [1.29, 1.82) is 0 Å². The molecule has 1 saturated heterocycles. The largest absolute Gasteiger partial charge is 0.357 e. The minimum absolute atomic E-state index is 0.0125. The quantitative estimate of drug-likeness (QED) is 0.611. The third-order valence-electron chi connectivity index (χ3n) is 5.52. The highest BCUT2D eigenvalue weighted by Gasteiger charge is 2.45. The van der Waals surface area contributed by atoms with Crippen molar-refractivity contribution >= 4 is 45.7 Å². The summed E-state index contributed by atoms with van der Waals surface area (Å²) in [6.07, 6.45) is 9.51.